The number of hydrogen-bond acceptors (Lipinski definition) is 5. The van der Waals surface area contributed by atoms with E-state index in [2.05, 4.69) is 39.5 Å². The van der Waals surface area contributed by atoms with Crippen LogP contribution in [0.25, 0.3) is 0 Å². The molecular formula is C24H31N3O3. The highest BCUT2D eigenvalue weighted by molar-refractivity contribution is 5.77. The Morgan fingerprint density at radius 1 is 1.20 bits per heavy atom. The van der Waals surface area contributed by atoms with E-state index in [4.69, 9.17) is 4.74 Å². The summed E-state index contributed by atoms with van der Waals surface area (Å²) in [5, 5.41) is 14.2. The number of methoxy groups -OCH3 is 1. The highest BCUT2D eigenvalue weighted by Gasteiger charge is 2.29. The molecule has 0 saturated carbocycles. The number of nitrogens with one attached hydrogen (secondary N) is 1. The van der Waals surface area contributed by atoms with Crippen LogP contribution in [0.3, 0.4) is 0 Å². The molecule has 6 heteroatoms. The Bertz CT molecular complexity index is 824. The summed E-state index contributed by atoms with van der Waals surface area (Å²) in [7, 11) is 1.57. The lowest BCUT2D eigenvalue weighted by Gasteiger charge is -2.29. The largest absolute Gasteiger partial charge is 0.481 e. The number of benzene rings is 1. The first-order valence-corrected chi connectivity index (χ1v) is 10.9. The van der Waals surface area contributed by atoms with Crippen molar-refractivity contribution < 1.29 is 14.6 Å². The maximum absolute atomic E-state index is 12.9. The zero-order valence-corrected chi connectivity index (χ0v) is 17.6. The molecule has 1 aromatic heterocycles. The molecule has 2 N–H and O–H groups in total. The molecule has 1 fully saturated rings. The van der Waals surface area contributed by atoms with Gasteiger partial charge in [-0.2, -0.15) is 0 Å². The Balaban J connectivity index is 1.40. The van der Waals surface area contributed by atoms with E-state index in [1.165, 1.54) is 24.0 Å². The van der Waals surface area contributed by atoms with Gasteiger partial charge in [0, 0.05) is 30.8 Å². The van der Waals surface area contributed by atoms with Gasteiger partial charge in [-0.15, -0.1) is 0 Å². The van der Waals surface area contributed by atoms with Crippen LogP contribution in [0.5, 0.6) is 5.88 Å². The number of aromatic nitrogens is 1. The molecule has 2 aliphatic rings. The SMILES string of the molecule is COc1ccc(C(O)C(CN2CCCC2)NC(=O)CC2Cc3ccccc3C2)cn1. The van der Waals surface area contributed by atoms with Gasteiger partial charge in [0.1, 0.15) is 6.10 Å². The smallest absolute Gasteiger partial charge is 0.220 e. The predicted octanol–water partition coefficient (Wildman–Crippen LogP) is 2.51. The van der Waals surface area contributed by atoms with E-state index < -0.39 is 6.10 Å². The standard InChI is InChI=1S/C24H31N3O3/c1-30-23-9-8-20(15-25-23)24(29)21(16-27-10-4-5-11-27)26-22(28)14-17-12-18-6-2-3-7-19(18)13-17/h2-3,6-9,15,17,21,24,29H,4-5,10-14,16H2,1H3,(H,26,28). The first kappa shape index (κ1) is 20.8. The van der Waals surface area contributed by atoms with Gasteiger partial charge in [0.25, 0.3) is 0 Å². The molecule has 1 saturated heterocycles. The van der Waals surface area contributed by atoms with Crippen molar-refractivity contribution >= 4 is 5.91 Å². The van der Waals surface area contributed by atoms with E-state index in [-0.39, 0.29) is 11.9 Å². The topological polar surface area (TPSA) is 74.7 Å². The van der Waals surface area contributed by atoms with Crippen LogP contribution in [0.2, 0.25) is 0 Å². The second-order valence-electron chi connectivity index (χ2n) is 8.51. The summed E-state index contributed by atoms with van der Waals surface area (Å²) in [6.07, 6.45) is 5.53. The molecule has 2 atom stereocenters. The van der Waals surface area contributed by atoms with Crippen molar-refractivity contribution in [3.8, 4) is 5.88 Å². The van der Waals surface area contributed by atoms with E-state index in [9.17, 15) is 9.90 Å². The van der Waals surface area contributed by atoms with E-state index in [1.807, 2.05) is 6.07 Å². The number of amides is 1. The van der Waals surface area contributed by atoms with Crippen molar-refractivity contribution in [3.63, 3.8) is 0 Å². The molecule has 1 aromatic carbocycles. The van der Waals surface area contributed by atoms with E-state index in [1.54, 1.807) is 19.4 Å². The van der Waals surface area contributed by atoms with Crippen molar-refractivity contribution in [1.82, 2.24) is 15.2 Å². The van der Waals surface area contributed by atoms with Crippen LogP contribution in [-0.4, -0.2) is 53.7 Å². The average molecular weight is 410 g/mol. The van der Waals surface area contributed by atoms with E-state index in [0.717, 1.165) is 25.9 Å². The lowest BCUT2D eigenvalue weighted by atomic mass is 9.99. The minimum absolute atomic E-state index is 0.0116. The summed E-state index contributed by atoms with van der Waals surface area (Å²) >= 11 is 0. The van der Waals surface area contributed by atoms with Crippen molar-refractivity contribution in [2.75, 3.05) is 26.7 Å². The maximum atomic E-state index is 12.9. The highest BCUT2D eigenvalue weighted by Crippen LogP contribution is 2.29. The molecule has 1 amide bonds. The van der Waals surface area contributed by atoms with Gasteiger partial charge in [0.15, 0.2) is 0 Å². The molecule has 1 aliphatic carbocycles. The molecule has 0 radical (unpaired) electrons. The number of nitrogens with zero attached hydrogens (tertiary/aromatic N) is 2. The third kappa shape index (κ3) is 4.99. The van der Waals surface area contributed by atoms with Gasteiger partial charge in [-0.3, -0.25) is 4.79 Å². The highest BCUT2D eigenvalue weighted by atomic mass is 16.5. The Morgan fingerprint density at radius 3 is 2.50 bits per heavy atom. The van der Waals surface area contributed by atoms with E-state index >= 15 is 0 Å². The number of carbonyl (C=O) groups excluding carboxylic acids is 1. The quantitative estimate of drug-likeness (QED) is 0.701. The zero-order chi connectivity index (χ0) is 20.9. The predicted molar refractivity (Wildman–Crippen MR) is 115 cm³/mol. The molecule has 6 nitrogen and oxygen atoms in total. The van der Waals surface area contributed by atoms with E-state index in [0.29, 0.717) is 30.3 Å². The van der Waals surface area contributed by atoms with Crippen LogP contribution in [0.15, 0.2) is 42.6 Å². The molecule has 2 unspecified atom stereocenters. The summed E-state index contributed by atoms with van der Waals surface area (Å²) in [5.74, 6) is 0.846. The monoisotopic (exact) mass is 409 g/mol. The molecule has 2 aromatic rings. The Kier molecular flexibility index (Phi) is 6.65. The molecule has 0 bridgehead atoms. The summed E-state index contributed by atoms with van der Waals surface area (Å²) in [6, 6.07) is 11.6. The normalized spacial score (nSPS) is 18.7. The molecule has 4 rings (SSSR count). The number of likely N-dealkylation sites (tertiary alicyclic amines) is 1. The number of aliphatic hydroxyl groups excluding tert-OH is 1. The van der Waals surface area contributed by atoms with Crippen molar-refractivity contribution in [2.24, 2.45) is 5.92 Å². The van der Waals surface area contributed by atoms with Gasteiger partial charge in [0.2, 0.25) is 11.8 Å². The summed E-state index contributed by atoms with van der Waals surface area (Å²) < 4.78 is 5.11. The first-order chi connectivity index (χ1) is 14.6. The molecule has 30 heavy (non-hydrogen) atoms. The van der Waals surface area contributed by atoms with Crippen LogP contribution in [-0.2, 0) is 17.6 Å². The number of aliphatic hydroxyl groups is 1. The van der Waals surface area contributed by atoms with Crippen molar-refractivity contribution in [2.45, 2.75) is 44.2 Å². The van der Waals surface area contributed by atoms with Crippen LogP contribution < -0.4 is 10.1 Å². The van der Waals surface area contributed by atoms with Gasteiger partial charge in [0.05, 0.1) is 13.2 Å². The van der Waals surface area contributed by atoms with Gasteiger partial charge in [-0.25, -0.2) is 4.98 Å². The number of pyridine rings is 1. The molecule has 2 heterocycles. The fourth-order valence-electron chi connectivity index (χ4n) is 4.71. The molecule has 160 valence electrons. The summed E-state index contributed by atoms with van der Waals surface area (Å²) in [4.78, 5) is 19.4. The van der Waals surface area contributed by atoms with Crippen LogP contribution in [0, 0.1) is 5.92 Å². The zero-order valence-electron chi connectivity index (χ0n) is 17.6. The lowest BCUT2D eigenvalue weighted by molar-refractivity contribution is -0.123. The minimum Gasteiger partial charge on any atom is -0.481 e. The fraction of sp³-hybridized carbons (Fsp3) is 0.500. The Hall–Kier alpha value is -2.44. The second-order valence-corrected chi connectivity index (χ2v) is 8.51. The first-order valence-electron chi connectivity index (χ1n) is 10.9. The third-order valence-electron chi connectivity index (χ3n) is 6.30. The minimum atomic E-state index is -0.811. The van der Waals surface area contributed by atoms with Crippen LogP contribution in [0.1, 0.15) is 42.1 Å². The number of hydrogen-bond donors (Lipinski definition) is 2. The van der Waals surface area contributed by atoms with Crippen molar-refractivity contribution in [1.29, 1.82) is 0 Å². The van der Waals surface area contributed by atoms with Crippen LogP contribution >= 0.6 is 0 Å². The molecule has 1 aliphatic heterocycles. The number of rotatable bonds is 8. The summed E-state index contributed by atoms with van der Waals surface area (Å²) in [6.45, 7) is 2.67. The third-order valence-corrected chi connectivity index (χ3v) is 6.30. The van der Waals surface area contributed by atoms with Gasteiger partial charge in [-0.05, 0) is 61.9 Å². The Morgan fingerprint density at radius 2 is 1.90 bits per heavy atom. The molecule has 0 spiro atoms. The fourth-order valence-corrected chi connectivity index (χ4v) is 4.71. The van der Waals surface area contributed by atoms with Gasteiger partial charge >= 0.3 is 0 Å². The number of carbonyl (C=O) groups is 1. The number of ether oxygens (including phenoxy) is 1. The average Bonchev–Trinajstić information content (AvgIpc) is 3.42. The number of fused-ring (bicyclic) bond motifs is 1. The maximum Gasteiger partial charge on any atom is 0.220 e. The molecular weight excluding hydrogens is 378 g/mol. The lowest BCUT2D eigenvalue weighted by Crippen LogP contribution is -2.47. The summed E-state index contributed by atoms with van der Waals surface area (Å²) in [5.41, 5.74) is 3.40. The van der Waals surface area contributed by atoms with Gasteiger partial charge in [-0.1, -0.05) is 24.3 Å². The van der Waals surface area contributed by atoms with Crippen LogP contribution in [0.4, 0.5) is 0 Å². The van der Waals surface area contributed by atoms with Gasteiger partial charge < -0.3 is 20.1 Å². The Labute approximate surface area is 178 Å². The second kappa shape index (κ2) is 9.58. The van der Waals surface area contributed by atoms with Crippen molar-refractivity contribution in [3.05, 3.63) is 59.3 Å².